The minimum atomic E-state index is 0. The molecule has 1 heterocycles. The lowest BCUT2D eigenvalue weighted by Gasteiger charge is -1.90. The van der Waals surface area contributed by atoms with Crippen LogP contribution in [0, 0.1) is 0 Å². The molecule has 0 unspecified atom stereocenters. The van der Waals surface area contributed by atoms with Crippen LogP contribution in [0.25, 0.3) is 0 Å². The van der Waals surface area contributed by atoms with E-state index in [4.69, 9.17) is 11.5 Å². The van der Waals surface area contributed by atoms with Crippen molar-refractivity contribution in [3.8, 4) is 0 Å². The molecule has 11 heavy (non-hydrogen) atoms. The number of hydrogen-bond acceptors (Lipinski definition) is 2. The smallest absolute Gasteiger partial charge is 0.191 e. The highest BCUT2D eigenvalue weighted by atomic mass is 35.5. The molecule has 0 amide bonds. The number of nitrogens with zero attached hydrogens (tertiary/aromatic N) is 2. The van der Waals surface area contributed by atoms with Crippen molar-refractivity contribution in [2.75, 3.05) is 0 Å². The number of hydrogen-bond donors (Lipinski definition) is 2. The van der Waals surface area contributed by atoms with Gasteiger partial charge in [-0.1, -0.05) is 0 Å². The van der Waals surface area contributed by atoms with Crippen molar-refractivity contribution in [3.63, 3.8) is 0 Å². The molecule has 0 atom stereocenters. The standard InChI is InChI=1S/C6H8N4.ClH/c7-6(8)10-5-2-1-3-9-4-5;/h1-4H,(H4,7,8,10);1H. The highest BCUT2D eigenvalue weighted by molar-refractivity contribution is 5.85. The van der Waals surface area contributed by atoms with Gasteiger partial charge in [0, 0.05) is 6.20 Å². The third-order valence-corrected chi connectivity index (χ3v) is 0.904. The molecule has 1 aromatic rings. The first-order valence-corrected chi connectivity index (χ1v) is 2.78. The van der Waals surface area contributed by atoms with E-state index in [2.05, 4.69) is 9.98 Å². The number of aromatic nitrogens is 1. The second-order valence-corrected chi connectivity index (χ2v) is 1.75. The van der Waals surface area contributed by atoms with Gasteiger partial charge in [-0.05, 0) is 12.1 Å². The van der Waals surface area contributed by atoms with E-state index in [-0.39, 0.29) is 18.4 Å². The summed E-state index contributed by atoms with van der Waals surface area (Å²) in [5, 5.41) is 0. The molecule has 0 bridgehead atoms. The van der Waals surface area contributed by atoms with Gasteiger partial charge in [0.05, 0.1) is 11.9 Å². The fourth-order valence-electron chi connectivity index (χ4n) is 0.569. The first kappa shape index (κ1) is 9.71. The summed E-state index contributed by atoms with van der Waals surface area (Å²) in [6.07, 6.45) is 3.24. The molecule has 0 aliphatic rings. The molecule has 0 fully saturated rings. The summed E-state index contributed by atoms with van der Waals surface area (Å²) in [6, 6.07) is 3.54. The maximum absolute atomic E-state index is 5.12. The molecule has 0 radical (unpaired) electrons. The van der Waals surface area contributed by atoms with E-state index in [0.717, 1.165) is 0 Å². The van der Waals surface area contributed by atoms with Gasteiger partial charge in [0.1, 0.15) is 0 Å². The van der Waals surface area contributed by atoms with E-state index in [1.807, 2.05) is 0 Å². The molecule has 4 N–H and O–H groups in total. The fourth-order valence-corrected chi connectivity index (χ4v) is 0.569. The second-order valence-electron chi connectivity index (χ2n) is 1.75. The Kier molecular flexibility index (Phi) is 3.98. The van der Waals surface area contributed by atoms with Gasteiger partial charge in [-0.15, -0.1) is 12.4 Å². The Bertz CT molecular complexity index is 230. The van der Waals surface area contributed by atoms with Gasteiger partial charge in [-0.25, -0.2) is 4.99 Å². The normalized spacial score (nSPS) is 8.00. The average Bonchev–Trinajstić information content (AvgIpc) is 1.88. The average molecular weight is 173 g/mol. The van der Waals surface area contributed by atoms with Crippen LogP contribution in [0.4, 0.5) is 5.69 Å². The Labute approximate surface area is 70.7 Å². The van der Waals surface area contributed by atoms with Crippen molar-refractivity contribution in [2.24, 2.45) is 16.5 Å². The van der Waals surface area contributed by atoms with Gasteiger partial charge in [0.15, 0.2) is 5.96 Å². The van der Waals surface area contributed by atoms with Gasteiger partial charge in [-0.3, -0.25) is 4.98 Å². The molecule has 60 valence electrons. The second kappa shape index (κ2) is 4.51. The molecule has 4 nitrogen and oxygen atoms in total. The van der Waals surface area contributed by atoms with Gasteiger partial charge in [-0.2, -0.15) is 0 Å². The third kappa shape index (κ3) is 3.42. The van der Waals surface area contributed by atoms with E-state index >= 15 is 0 Å². The number of aliphatic imine (C=N–C) groups is 1. The number of rotatable bonds is 1. The molecule has 0 aliphatic heterocycles. The lowest BCUT2D eigenvalue weighted by molar-refractivity contribution is 1.29. The van der Waals surface area contributed by atoms with E-state index in [1.54, 1.807) is 24.5 Å². The largest absolute Gasteiger partial charge is 0.370 e. The zero-order valence-corrected chi connectivity index (χ0v) is 6.58. The summed E-state index contributed by atoms with van der Waals surface area (Å²) in [6.45, 7) is 0. The van der Waals surface area contributed by atoms with Crippen molar-refractivity contribution >= 4 is 24.1 Å². The van der Waals surface area contributed by atoms with Crippen LogP contribution in [-0.4, -0.2) is 10.9 Å². The molecule has 0 saturated heterocycles. The van der Waals surface area contributed by atoms with E-state index in [0.29, 0.717) is 5.69 Å². The van der Waals surface area contributed by atoms with Crippen molar-refractivity contribution in [3.05, 3.63) is 24.5 Å². The summed E-state index contributed by atoms with van der Waals surface area (Å²) >= 11 is 0. The Morgan fingerprint density at radius 3 is 2.64 bits per heavy atom. The quantitative estimate of drug-likeness (QED) is 0.476. The minimum Gasteiger partial charge on any atom is -0.370 e. The van der Waals surface area contributed by atoms with Crippen molar-refractivity contribution in [1.82, 2.24) is 4.98 Å². The first-order valence-electron chi connectivity index (χ1n) is 2.78. The predicted octanol–water partition coefficient (Wildman–Crippen LogP) is 0.408. The summed E-state index contributed by atoms with van der Waals surface area (Å²) in [4.78, 5) is 7.59. The monoisotopic (exact) mass is 172 g/mol. The van der Waals surface area contributed by atoms with Gasteiger partial charge in [0.2, 0.25) is 0 Å². The first-order chi connectivity index (χ1) is 4.79. The molecule has 0 aliphatic carbocycles. The SMILES string of the molecule is Cl.NC(N)=Nc1cccnc1. The molecule has 0 saturated carbocycles. The van der Waals surface area contributed by atoms with E-state index in [1.165, 1.54) is 0 Å². The zero-order valence-electron chi connectivity index (χ0n) is 5.77. The van der Waals surface area contributed by atoms with Crippen LogP contribution >= 0.6 is 12.4 Å². The number of guanidine groups is 1. The predicted molar refractivity (Wildman–Crippen MR) is 47.0 cm³/mol. The van der Waals surface area contributed by atoms with Crippen LogP contribution in [0.15, 0.2) is 29.5 Å². The van der Waals surface area contributed by atoms with Gasteiger partial charge >= 0.3 is 0 Å². The molecular formula is C6H9ClN4. The Hall–Kier alpha value is -1.29. The zero-order chi connectivity index (χ0) is 7.40. The molecule has 0 aromatic carbocycles. The van der Waals surface area contributed by atoms with E-state index < -0.39 is 0 Å². The highest BCUT2D eigenvalue weighted by Crippen LogP contribution is 2.05. The summed E-state index contributed by atoms with van der Waals surface area (Å²) < 4.78 is 0. The summed E-state index contributed by atoms with van der Waals surface area (Å²) in [7, 11) is 0. The number of halogens is 1. The van der Waals surface area contributed by atoms with Crippen LogP contribution in [0.1, 0.15) is 0 Å². The molecule has 1 rings (SSSR count). The van der Waals surface area contributed by atoms with E-state index in [9.17, 15) is 0 Å². The molecule has 0 spiro atoms. The van der Waals surface area contributed by atoms with Gasteiger partial charge in [0.25, 0.3) is 0 Å². The Morgan fingerprint density at radius 1 is 1.45 bits per heavy atom. The van der Waals surface area contributed by atoms with Crippen molar-refractivity contribution in [1.29, 1.82) is 0 Å². The molecule has 1 aromatic heterocycles. The van der Waals surface area contributed by atoms with Gasteiger partial charge < -0.3 is 11.5 Å². The molecular weight excluding hydrogens is 164 g/mol. The summed E-state index contributed by atoms with van der Waals surface area (Å²) in [5.41, 5.74) is 10.9. The fraction of sp³-hybridized carbons (Fsp3) is 0. The van der Waals surface area contributed by atoms with Crippen molar-refractivity contribution in [2.45, 2.75) is 0 Å². The number of pyridine rings is 1. The van der Waals surface area contributed by atoms with Crippen LogP contribution in [-0.2, 0) is 0 Å². The lowest BCUT2D eigenvalue weighted by Crippen LogP contribution is -2.21. The number of nitrogens with two attached hydrogens (primary N) is 2. The van der Waals surface area contributed by atoms with Crippen molar-refractivity contribution < 1.29 is 0 Å². The van der Waals surface area contributed by atoms with Crippen LogP contribution in [0.2, 0.25) is 0 Å². The molecule has 5 heteroatoms. The summed E-state index contributed by atoms with van der Waals surface area (Å²) in [5.74, 6) is 0.0491. The topological polar surface area (TPSA) is 77.3 Å². The van der Waals surface area contributed by atoms with Crippen LogP contribution < -0.4 is 11.5 Å². The van der Waals surface area contributed by atoms with Crippen LogP contribution in [0.5, 0.6) is 0 Å². The maximum atomic E-state index is 5.12. The maximum Gasteiger partial charge on any atom is 0.191 e. The van der Waals surface area contributed by atoms with Crippen LogP contribution in [0.3, 0.4) is 0 Å². The lowest BCUT2D eigenvalue weighted by atomic mass is 10.4. The minimum absolute atomic E-state index is 0. The Balaban J connectivity index is 0.000001000. The third-order valence-electron chi connectivity index (χ3n) is 0.904. The Morgan fingerprint density at radius 2 is 2.18 bits per heavy atom. The highest BCUT2D eigenvalue weighted by Gasteiger charge is 1.84.